The summed E-state index contributed by atoms with van der Waals surface area (Å²) in [6, 6.07) is 18.4. The van der Waals surface area contributed by atoms with Crippen LogP contribution in [0.4, 0.5) is 13.2 Å². The third-order valence-corrected chi connectivity index (χ3v) is 4.55. The highest BCUT2D eigenvalue weighted by Crippen LogP contribution is 2.26. The van der Waals surface area contributed by atoms with E-state index in [4.69, 9.17) is 0 Å². The standard InChI is InChI=1S/C22H17F3N4O2/c23-22(24,25)31-18-9-6-16(7-10-18)20-28-27-19-11-8-17(14-29(19)20)21(30)26-13-12-15-4-2-1-3-5-15/h1-11,14H,12-13H2,(H,26,30). The van der Waals surface area contributed by atoms with Gasteiger partial charge in [0, 0.05) is 18.3 Å². The van der Waals surface area contributed by atoms with Gasteiger partial charge in [0.05, 0.1) is 5.56 Å². The molecule has 158 valence electrons. The summed E-state index contributed by atoms with van der Waals surface area (Å²) >= 11 is 0. The maximum Gasteiger partial charge on any atom is 0.573 e. The monoisotopic (exact) mass is 426 g/mol. The van der Waals surface area contributed by atoms with Crippen LogP contribution in [0.5, 0.6) is 5.75 Å². The van der Waals surface area contributed by atoms with Gasteiger partial charge in [0.2, 0.25) is 0 Å². The van der Waals surface area contributed by atoms with Gasteiger partial charge >= 0.3 is 6.36 Å². The fourth-order valence-electron chi connectivity index (χ4n) is 3.09. The lowest BCUT2D eigenvalue weighted by Crippen LogP contribution is -2.25. The highest BCUT2D eigenvalue weighted by Gasteiger charge is 2.31. The molecule has 0 aliphatic rings. The van der Waals surface area contributed by atoms with E-state index in [1.54, 1.807) is 22.7 Å². The number of hydrogen-bond acceptors (Lipinski definition) is 4. The first-order valence-electron chi connectivity index (χ1n) is 9.42. The Hall–Kier alpha value is -3.88. The number of aromatic nitrogens is 3. The number of ether oxygens (including phenoxy) is 1. The van der Waals surface area contributed by atoms with Crippen LogP contribution >= 0.6 is 0 Å². The molecule has 31 heavy (non-hydrogen) atoms. The summed E-state index contributed by atoms with van der Waals surface area (Å²) in [4.78, 5) is 12.5. The van der Waals surface area contributed by atoms with Gasteiger partial charge in [-0.25, -0.2) is 0 Å². The summed E-state index contributed by atoms with van der Waals surface area (Å²) in [6.45, 7) is 0.483. The molecule has 2 heterocycles. The lowest BCUT2D eigenvalue weighted by Gasteiger charge is -2.09. The van der Waals surface area contributed by atoms with Crippen molar-refractivity contribution in [3.63, 3.8) is 0 Å². The van der Waals surface area contributed by atoms with Gasteiger partial charge in [-0.1, -0.05) is 30.3 Å². The number of amides is 1. The molecule has 4 rings (SSSR count). The van der Waals surface area contributed by atoms with Crippen molar-refractivity contribution in [3.8, 4) is 17.1 Å². The van der Waals surface area contributed by atoms with Crippen molar-refractivity contribution in [2.75, 3.05) is 6.54 Å². The average molecular weight is 426 g/mol. The molecule has 2 aromatic heterocycles. The Morgan fingerprint density at radius 2 is 1.71 bits per heavy atom. The minimum absolute atomic E-state index is 0.244. The van der Waals surface area contributed by atoms with Gasteiger partial charge in [-0.15, -0.1) is 23.4 Å². The summed E-state index contributed by atoms with van der Waals surface area (Å²) in [7, 11) is 0. The van der Waals surface area contributed by atoms with Crippen LogP contribution in [0.3, 0.4) is 0 Å². The van der Waals surface area contributed by atoms with Gasteiger partial charge in [-0.3, -0.25) is 9.20 Å². The number of halogens is 3. The molecule has 1 N–H and O–H groups in total. The van der Waals surface area contributed by atoms with Crippen LogP contribution in [-0.2, 0) is 6.42 Å². The molecule has 1 amide bonds. The Labute approximate surface area is 175 Å². The summed E-state index contributed by atoms with van der Waals surface area (Å²) in [5.74, 6) is -0.178. The first kappa shape index (κ1) is 20.4. The molecule has 0 aliphatic heterocycles. The Balaban J connectivity index is 1.50. The molecule has 6 nitrogen and oxygen atoms in total. The largest absolute Gasteiger partial charge is 0.573 e. The van der Waals surface area contributed by atoms with Crippen LogP contribution in [0, 0.1) is 0 Å². The normalized spacial score (nSPS) is 11.5. The van der Waals surface area contributed by atoms with Crippen LogP contribution < -0.4 is 10.1 Å². The zero-order chi connectivity index (χ0) is 21.8. The first-order valence-corrected chi connectivity index (χ1v) is 9.42. The molecule has 0 bridgehead atoms. The summed E-state index contributed by atoms with van der Waals surface area (Å²) in [6.07, 6.45) is -2.45. The van der Waals surface area contributed by atoms with Crippen molar-refractivity contribution in [1.82, 2.24) is 19.9 Å². The second-order valence-electron chi connectivity index (χ2n) is 6.73. The Morgan fingerprint density at radius 3 is 2.42 bits per heavy atom. The van der Waals surface area contributed by atoms with E-state index >= 15 is 0 Å². The second kappa shape index (κ2) is 8.47. The van der Waals surface area contributed by atoms with E-state index in [0.29, 0.717) is 35.6 Å². The van der Waals surface area contributed by atoms with E-state index in [-0.39, 0.29) is 11.7 Å². The number of pyridine rings is 1. The average Bonchev–Trinajstić information content (AvgIpc) is 3.17. The molecule has 9 heteroatoms. The smallest absolute Gasteiger partial charge is 0.406 e. The van der Waals surface area contributed by atoms with Crippen LogP contribution in [-0.4, -0.2) is 33.4 Å². The number of rotatable bonds is 6. The summed E-state index contributed by atoms with van der Waals surface area (Å²) in [5.41, 5.74) is 2.58. The number of nitrogens with zero attached hydrogens (tertiary/aromatic N) is 3. The van der Waals surface area contributed by atoms with E-state index < -0.39 is 6.36 Å². The van der Waals surface area contributed by atoms with E-state index in [1.807, 2.05) is 30.3 Å². The molecule has 2 aromatic carbocycles. The number of carbonyl (C=O) groups is 1. The molecule has 0 saturated carbocycles. The quantitative estimate of drug-likeness (QED) is 0.500. The van der Waals surface area contributed by atoms with Crippen molar-refractivity contribution >= 4 is 11.6 Å². The van der Waals surface area contributed by atoms with E-state index in [1.165, 1.54) is 24.3 Å². The minimum atomic E-state index is -4.76. The third kappa shape index (κ3) is 5.00. The molecule has 0 spiro atoms. The number of alkyl halides is 3. The van der Waals surface area contributed by atoms with Gasteiger partial charge in [-0.05, 0) is 48.4 Å². The van der Waals surface area contributed by atoms with Crippen molar-refractivity contribution in [3.05, 3.63) is 84.1 Å². The lowest BCUT2D eigenvalue weighted by atomic mass is 10.1. The van der Waals surface area contributed by atoms with Crippen molar-refractivity contribution < 1.29 is 22.7 Å². The fourth-order valence-corrected chi connectivity index (χ4v) is 3.09. The zero-order valence-corrected chi connectivity index (χ0v) is 16.1. The van der Waals surface area contributed by atoms with Crippen LogP contribution in [0.1, 0.15) is 15.9 Å². The Kier molecular flexibility index (Phi) is 5.57. The predicted molar refractivity (Wildman–Crippen MR) is 108 cm³/mol. The van der Waals surface area contributed by atoms with Gasteiger partial charge in [0.1, 0.15) is 5.75 Å². The van der Waals surface area contributed by atoms with Gasteiger partial charge in [0.15, 0.2) is 11.5 Å². The van der Waals surface area contributed by atoms with Crippen LogP contribution in [0.15, 0.2) is 72.9 Å². The predicted octanol–water partition coefficient (Wildman–Crippen LogP) is 4.27. The third-order valence-electron chi connectivity index (χ3n) is 4.55. The molecule has 0 radical (unpaired) electrons. The fraction of sp³-hybridized carbons (Fsp3) is 0.136. The highest BCUT2D eigenvalue weighted by atomic mass is 19.4. The maximum absolute atomic E-state index is 12.5. The maximum atomic E-state index is 12.5. The molecular weight excluding hydrogens is 409 g/mol. The molecule has 0 unspecified atom stereocenters. The number of hydrogen-bond donors (Lipinski definition) is 1. The van der Waals surface area contributed by atoms with Gasteiger partial charge in [0.25, 0.3) is 5.91 Å². The number of nitrogens with one attached hydrogen (secondary N) is 1. The minimum Gasteiger partial charge on any atom is -0.406 e. The lowest BCUT2D eigenvalue weighted by molar-refractivity contribution is -0.274. The number of fused-ring (bicyclic) bond motifs is 1. The van der Waals surface area contributed by atoms with Crippen molar-refractivity contribution in [2.45, 2.75) is 12.8 Å². The molecule has 0 aliphatic carbocycles. The SMILES string of the molecule is O=C(NCCc1ccccc1)c1ccc2nnc(-c3ccc(OC(F)(F)F)cc3)n2c1. The van der Waals surface area contributed by atoms with Crippen LogP contribution in [0.2, 0.25) is 0 Å². The first-order chi connectivity index (χ1) is 14.9. The van der Waals surface area contributed by atoms with Crippen molar-refractivity contribution in [2.24, 2.45) is 0 Å². The number of benzene rings is 2. The summed E-state index contributed by atoms with van der Waals surface area (Å²) < 4.78 is 42.5. The van der Waals surface area contributed by atoms with Gasteiger partial charge < -0.3 is 10.1 Å². The molecule has 4 aromatic rings. The highest BCUT2D eigenvalue weighted by molar-refractivity contribution is 5.94. The number of carbonyl (C=O) groups excluding carboxylic acids is 1. The molecule has 0 saturated heterocycles. The van der Waals surface area contributed by atoms with E-state index in [9.17, 15) is 18.0 Å². The van der Waals surface area contributed by atoms with Crippen LogP contribution in [0.25, 0.3) is 17.0 Å². The Bertz CT molecular complexity index is 1190. The Morgan fingerprint density at radius 1 is 0.968 bits per heavy atom. The van der Waals surface area contributed by atoms with Gasteiger partial charge in [-0.2, -0.15) is 0 Å². The molecular formula is C22H17F3N4O2. The topological polar surface area (TPSA) is 68.5 Å². The zero-order valence-electron chi connectivity index (χ0n) is 16.1. The van der Waals surface area contributed by atoms with Crippen molar-refractivity contribution in [1.29, 1.82) is 0 Å². The van der Waals surface area contributed by atoms with E-state index in [2.05, 4.69) is 20.3 Å². The summed E-state index contributed by atoms with van der Waals surface area (Å²) in [5, 5.41) is 11.0. The molecule has 0 atom stereocenters. The second-order valence-corrected chi connectivity index (χ2v) is 6.73. The van der Waals surface area contributed by atoms with E-state index in [0.717, 1.165) is 5.56 Å². The molecule has 0 fully saturated rings.